The van der Waals surface area contributed by atoms with Gasteiger partial charge in [0, 0.05) is 0 Å². The maximum atomic E-state index is 11.0. The minimum absolute atomic E-state index is 0.0165. The van der Waals surface area contributed by atoms with Crippen LogP contribution in [0, 0.1) is 0 Å². The number of hydrogen-bond donors (Lipinski definition) is 1. The summed E-state index contributed by atoms with van der Waals surface area (Å²) in [7, 11) is 0. The molecule has 0 aromatic rings. The van der Waals surface area contributed by atoms with Crippen LogP contribution in [0.15, 0.2) is 12.2 Å². The molecule has 0 aromatic carbocycles. The largest absolute Gasteiger partial charge is 0.389 e. The molecule has 0 aromatic heterocycles. The summed E-state index contributed by atoms with van der Waals surface area (Å²) in [6, 6.07) is 0. The van der Waals surface area contributed by atoms with E-state index in [0.29, 0.717) is 6.61 Å². The van der Waals surface area contributed by atoms with Crippen LogP contribution in [0.4, 0.5) is 0 Å². The Bertz CT molecular complexity index is 300. The molecule has 15 heavy (non-hydrogen) atoms. The fourth-order valence-electron chi connectivity index (χ4n) is 1.66. The van der Waals surface area contributed by atoms with E-state index in [1.165, 1.54) is 6.08 Å². The molecule has 84 valence electrons. The molecular formula is C10H14O4S. The predicted molar refractivity (Wildman–Crippen MR) is 56.4 cm³/mol. The van der Waals surface area contributed by atoms with Crippen LogP contribution in [0.5, 0.6) is 0 Å². The summed E-state index contributed by atoms with van der Waals surface area (Å²) in [4.78, 5) is 11.0. The van der Waals surface area contributed by atoms with Crippen molar-refractivity contribution in [2.24, 2.45) is 0 Å². The van der Waals surface area contributed by atoms with E-state index in [1.54, 1.807) is 6.08 Å². The minimum atomic E-state index is -0.695. The van der Waals surface area contributed by atoms with Gasteiger partial charge in [0.25, 0.3) is 0 Å². The molecule has 3 atom stereocenters. The number of carbonyl (C=O) groups excluding carboxylic acids is 1. The fourth-order valence-corrected chi connectivity index (χ4v) is 2.56. The van der Waals surface area contributed by atoms with Crippen molar-refractivity contribution in [3.63, 3.8) is 0 Å². The Hall–Kier alpha value is -0.360. The standard InChI is InChI=1S/C10H14O4S/c1-10(2)13-5-6(14-10)9(12)7-3-4-8(11)15-7/h3-4,6-7,9,12H,5H2,1-2H3/t6-,7?,9-/m0/s1. The molecule has 1 saturated heterocycles. The molecule has 4 nitrogen and oxygen atoms in total. The van der Waals surface area contributed by atoms with Gasteiger partial charge in [-0.15, -0.1) is 0 Å². The first-order chi connectivity index (χ1) is 6.98. The molecule has 2 rings (SSSR count). The lowest BCUT2D eigenvalue weighted by Crippen LogP contribution is -2.37. The summed E-state index contributed by atoms with van der Waals surface area (Å²) in [5, 5.41) is 9.74. The van der Waals surface area contributed by atoms with Crippen LogP contribution in [-0.2, 0) is 14.3 Å². The van der Waals surface area contributed by atoms with Crippen molar-refractivity contribution in [3.8, 4) is 0 Å². The Morgan fingerprint density at radius 2 is 2.40 bits per heavy atom. The zero-order chi connectivity index (χ0) is 11.1. The molecule has 2 heterocycles. The van der Waals surface area contributed by atoms with E-state index in [0.717, 1.165) is 11.8 Å². The van der Waals surface area contributed by atoms with Gasteiger partial charge in [-0.2, -0.15) is 0 Å². The highest BCUT2D eigenvalue weighted by Gasteiger charge is 2.40. The van der Waals surface area contributed by atoms with E-state index < -0.39 is 11.9 Å². The second-order valence-corrected chi connectivity index (χ2v) is 5.30. The third kappa shape index (κ3) is 2.42. The molecule has 0 aliphatic carbocycles. The van der Waals surface area contributed by atoms with Gasteiger partial charge in [-0.3, -0.25) is 4.79 Å². The average molecular weight is 230 g/mol. The van der Waals surface area contributed by atoms with Crippen LogP contribution in [-0.4, -0.2) is 40.1 Å². The molecule has 5 heteroatoms. The van der Waals surface area contributed by atoms with E-state index in [2.05, 4.69) is 0 Å². The van der Waals surface area contributed by atoms with Crippen molar-refractivity contribution in [1.82, 2.24) is 0 Å². The molecule has 1 fully saturated rings. The summed E-state index contributed by atoms with van der Waals surface area (Å²) >= 11 is 1.13. The van der Waals surface area contributed by atoms with Gasteiger partial charge in [0.1, 0.15) is 6.10 Å². The molecule has 2 aliphatic heterocycles. The maximum absolute atomic E-state index is 11.0. The average Bonchev–Trinajstić information content (AvgIpc) is 2.71. The third-order valence-corrected chi connectivity index (χ3v) is 3.50. The SMILES string of the molecule is CC1(C)OC[C@@H]([C@H](O)C2C=CC(=O)S2)O1. The van der Waals surface area contributed by atoms with Crippen molar-refractivity contribution in [2.75, 3.05) is 6.61 Å². The normalized spacial score (nSPS) is 36.1. The van der Waals surface area contributed by atoms with Gasteiger partial charge in [0.15, 0.2) is 5.79 Å². The maximum Gasteiger partial charge on any atom is 0.212 e. The highest BCUT2D eigenvalue weighted by atomic mass is 32.2. The van der Waals surface area contributed by atoms with Crippen LogP contribution >= 0.6 is 11.8 Å². The summed E-state index contributed by atoms with van der Waals surface area (Å²) < 4.78 is 10.9. The van der Waals surface area contributed by atoms with E-state index in [4.69, 9.17) is 9.47 Å². The number of rotatable bonds is 2. The van der Waals surface area contributed by atoms with Crippen LogP contribution in [0.2, 0.25) is 0 Å². The molecule has 0 saturated carbocycles. The molecule has 1 unspecified atom stereocenters. The van der Waals surface area contributed by atoms with E-state index in [9.17, 15) is 9.90 Å². The van der Waals surface area contributed by atoms with Crippen molar-refractivity contribution in [3.05, 3.63) is 12.2 Å². The lowest BCUT2D eigenvalue weighted by atomic mass is 10.1. The van der Waals surface area contributed by atoms with E-state index in [-0.39, 0.29) is 16.5 Å². The summed E-state index contributed by atoms with van der Waals surface area (Å²) in [6.45, 7) is 3.98. The van der Waals surface area contributed by atoms with E-state index >= 15 is 0 Å². The molecule has 1 N–H and O–H groups in total. The second kappa shape index (κ2) is 3.90. The van der Waals surface area contributed by atoms with Crippen LogP contribution < -0.4 is 0 Å². The van der Waals surface area contributed by atoms with Gasteiger partial charge >= 0.3 is 0 Å². The second-order valence-electron chi connectivity index (χ2n) is 4.12. The number of ether oxygens (including phenoxy) is 2. The van der Waals surface area contributed by atoms with Gasteiger partial charge in [0.2, 0.25) is 5.12 Å². The first-order valence-electron chi connectivity index (χ1n) is 4.87. The topological polar surface area (TPSA) is 55.8 Å². The zero-order valence-corrected chi connectivity index (χ0v) is 9.49. The monoisotopic (exact) mass is 230 g/mol. The highest BCUT2D eigenvalue weighted by Crippen LogP contribution is 2.31. The molecule has 0 spiro atoms. The van der Waals surface area contributed by atoms with Crippen LogP contribution in [0.3, 0.4) is 0 Å². The molecule has 0 radical (unpaired) electrons. The van der Waals surface area contributed by atoms with Gasteiger partial charge in [0.05, 0.1) is 18.0 Å². The lowest BCUT2D eigenvalue weighted by Gasteiger charge is -2.22. The fraction of sp³-hybridized carbons (Fsp3) is 0.700. The molecule has 0 amide bonds. The van der Waals surface area contributed by atoms with E-state index in [1.807, 2.05) is 13.8 Å². The number of thioether (sulfide) groups is 1. The van der Waals surface area contributed by atoms with Gasteiger partial charge in [-0.25, -0.2) is 0 Å². The highest BCUT2D eigenvalue weighted by molar-refractivity contribution is 8.15. The predicted octanol–water partition coefficient (Wildman–Crippen LogP) is 0.697. The molecule has 0 bridgehead atoms. The van der Waals surface area contributed by atoms with Gasteiger partial charge < -0.3 is 14.6 Å². The Labute approximate surface area is 92.6 Å². The third-order valence-electron chi connectivity index (χ3n) is 2.42. The Morgan fingerprint density at radius 1 is 1.67 bits per heavy atom. The van der Waals surface area contributed by atoms with Gasteiger partial charge in [-0.05, 0) is 19.9 Å². The van der Waals surface area contributed by atoms with Crippen molar-refractivity contribution < 1.29 is 19.4 Å². The summed E-state index contributed by atoms with van der Waals surface area (Å²) in [5.74, 6) is -0.636. The van der Waals surface area contributed by atoms with Crippen LogP contribution in [0.1, 0.15) is 13.8 Å². The Balaban J connectivity index is 1.95. The Kier molecular flexibility index (Phi) is 2.89. The Morgan fingerprint density at radius 3 is 2.87 bits per heavy atom. The minimum Gasteiger partial charge on any atom is -0.389 e. The first-order valence-corrected chi connectivity index (χ1v) is 5.74. The molecule has 2 aliphatic rings. The smallest absolute Gasteiger partial charge is 0.212 e. The zero-order valence-electron chi connectivity index (χ0n) is 8.67. The quantitative estimate of drug-likeness (QED) is 0.756. The molecular weight excluding hydrogens is 216 g/mol. The van der Waals surface area contributed by atoms with Gasteiger partial charge in [-0.1, -0.05) is 17.8 Å². The lowest BCUT2D eigenvalue weighted by molar-refractivity contribution is -0.150. The number of aliphatic hydroxyl groups is 1. The first kappa shape index (κ1) is 11.1. The van der Waals surface area contributed by atoms with Crippen molar-refractivity contribution >= 4 is 16.9 Å². The summed E-state index contributed by atoms with van der Waals surface area (Å²) in [6.07, 6.45) is 2.15. The van der Waals surface area contributed by atoms with Crippen LogP contribution in [0.25, 0.3) is 0 Å². The number of carbonyl (C=O) groups is 1. The number of aliphatic hydroxyl groups excluding tert-OH is 1. The summed E-state index contributed by atoms with van der Waals surface area (Å²) in [5.41, 5.74) is 0. The number of hydrogen-bond acceptors (Lipinski definition) is 5. The van der Waals surface area contributed by atoms with Crippen molar-refractivity contribution in [1.29, 1.82) is 0 Å². The van der Waals surface area contributed by atoms with Crippen molar-refractivity contribution in [2.45, 2.75) is 37.1 Å².